The third-order valence-electron chi connectivity index (χ3n) is 12.3. The first-order chi connectivity index (χ1) is 30.6. The second-order valence-electron chi connectivity index (χ2n) is 19.3. The molecule has 1 aliphatic heterocycles. The Morgan fingerprint density at radius 3 is 2.17 bits per heavy atom. The monoisotopic (exact) mass is 909 g/mol. The minimum atomic E-state index is -4.22. The third kappa shape index (κ3) is 10.1. The number of hydrogen-bond donors (Lipinski definition) is 3. The Morgan fingerprint density at radius 1 is 0.923 bits per heavy atom. The summed E-state index contributed by atoms with van der Waals surface area (Å²) in [7, 11) is -1.11. The molecule has 5 unspecified atom stereocenters. The number of carbonyl (C=O) groups is 4. The summed E-state index contributed by atoms with van der Waals surface area (Å²) in [6, 6.07) is 21.5. The number of rotatable bonds is 15. The van der Waals surface area contributed by atoms with Gasteiger partial charge in [0.2, 0.25) is 21.8 Å². The molecule has 16 heteroatoms. The van der Waals surface area contributed by atoms with E-state index in [0.29, 0.717) is 46.7 Å². The van der Waals surface area contributed by atoms with Crippen molar-refractivity contribution in [3.8, 4) is 28.5 Å². The Labute approximate surface area is 380 Å². The predicted molar refractivity (Wildman–Crippen MR) is 246 cm³/mol. The Kier molecular flexibility index (Phi) is 12.7. The molecule has 2 aliphatic carbocycles. The molecule has 3 aliphatic rings. The standard InChI is InChI=1S/C49H59N5O10S/c1-10-32-28-49(32,44(57)53-65(59,60)48(22-23-48)27-30-16-18-33(61-8)19-17-30)52-42(55)39-25-35(29-54(39)43(56)41(46(2,3)4)51-45(58)64-47(5,6)7)63-40-26-37(31-14-12-11-13-15-31)50-38-24-34(62-9)20-21-36(38)40/h10-21,24,26,32,35,39,41H,1,22-23,25,27-29H2,2-9H3,(H,51,58)(H,52,55)(H,53,57). The highest BCUT2D eigenvalue weighted by Crippen LogP contribution is 2.49. The van der Waals surface area contributed by atoms with Crippen LogP contribution in [0.25, 0.3) is 22.2 Å². The van der Waals surface area contributed by atoms with Gasteiger partial charge in [0.1, 0.15) is 46.6 Å². The van der Waals surface area contributed by atoms with E-state index in [1.807, 2.05) is 42.5 Å². The molecule has 4 aromatic rings. The lowest BCUT2D eigenvalue weighted by molar-refractivity contribution is -0.143. The number of alkyl carbamates (subject to hydrolysis) is 1. The van der Waals surface area contributed by atoms with E-state index >= 15 is 0 Å². The van der Waals surface area contributed by atoms with Crippen LogP contribution in [-0.4, -0.2) is 97.0 Å². The van der Waals surface area contributed by atoms with Gasteiger partial charge in [-0.05, 0) is 81.7 Å². The summed E-state index contributed by atoms with van der Waals surface area (Å²) >= 11 is 0. The molecule has 2 saturated carbocycles. The molecule has 5 atom stereocenters. The number of methoxy groups -OCH3 is 2. The van der Waals surface area contributed by atoms with Crippen LogP contribution in [0, 0.1) is 11.3 Å². The number of ether oxygens (including phenoxy) is 4. The lowest BCUT2D eigenvalue weighted by atomic mass is 9.85. The van der Waals surface area contributed by atoms with Gasteiger partial charge in [0, 0.05) is 35.4 Å². The van der Waals surface area contributed by atoms with E-state index in [4.69, 9.17) is 23.9 Å². The Balaban J connectivity index is 1.19. The van der Waals surface area contributed by atoms with Crippen molar-refractivity contribution >= 4 is 44.7 Å². The summed E-state index contributed by atoms with van der Waals surface area (Å²) in [6.45, 7) is 14.3. The summed E-state index contributed by atoms with van der Waals surface area (Å²) in [4.78, 5) is 63.3. The molecule has 0 bridgehead atoms. The van der Waals surface area contributed by atoms with Crippen LogP contribution in [0.5, 0.6) is 17.2 Å². The second-order valence-corrected chi connectivity index (χ2v) is 21.4. The average molecular weight is 910 g/mol. The molecule has 3 aromatic carbocycles. The number of nitrogens with one attached hydrogen (secondary N) is 3. The topological polar surface area (TPSA) is 192 Å². The van der Waals surface area contributed by atoms with Gasteiger partial charge in [-0.3, -0.25) is 19.1 Å². The molecule has 1 saturated heterocycles. The Bertz CT molecular complexity index is 2590. The number of likely N-dealkylation sites (tertiary alicyclic amines) is 1. The maximum Gasteiger partial charge on any atom is 0.408 e. The Morgan fingerprint density at radius 2 is 1.58 bits per heavy atom. The molecule has 65 heavy (non-hydrogen) atoms. The van der Waals surface area contributed by atoms with Gasteiger partial charge in [-0.1, -0.05) is 69.3 Å². The largest absolute Gasteiger partial charge is 0.497 e. The zero-order valence-electron chi connectivity index (χ0n) is 38.2. The normalized spacial score (nSPS) is 21.7. The molecule has 1 aromatic heterocycles. The van der Waals surface area contributed by atoms with Crippen LogP contribution in [0.15, 0.2) is 91.5 Å². The first-order valence-electron chi connectivity index (χ1n) is 21.8. The third-order valence-corrected chi connectivity index (χ3v) is 14.5. The number of nitrogens with zero attached hydrogens (tertiary/aromatic N) is 2. The molecule has 15 nitrogen and oxygen atoms in total. The van der Waals surface area contributed by atoms with Gasteiger partial charge in [-0.25, -0.2) is 18.2 Å². The first kappa shape index (κ1) is 46.8. The van der Waals surface area contributed by atoms with Crippen molar-refractivity contribution in [2.45, 2.75) is 108 Å². The van der Waals surface area contributed by atoms with Crippen LogP contribution < -0.4 is 29.6 Å². The molecular formula is C49H59N5O10S. The van der Waals surface area contributed by atoms with Crippen molar-refractivity contribution in [3.05, 3.63) is 97.1 Å². The van der Waals surface area contributed by atoms with Crippen molar-refractivity contribution in [3.63, 3.8) is 0 Å². The van der Waals surface area contributed by atoms with Crippen molar-refractivity contribution in [2.24, 2.45) is 11.3 Å². The smallest absolute Gasteiger partial charge is 0.408 e. The maximum atomic E-state index is 14.9. The number of sulfonamides is 1. The van der Waals surface area contributed by atoms with E-state index in [1.54, 1.807) is 92.2 Å². The lowest BCUT2D eigenvalue weighted by Crippen LogP contribution is -2.60. The molecule has 2 heterocycles. The van der Waals surface area contributed by atoms with Gasteiger partial charge in [-0.15, -0.1) is 6.58 Å². The zero-order chi connectivity index (χ0) is 47.1. The van der Waals surface area contributed by atoms with Crippen LogP contribution in [0.4, 0.5) is 4.79 Å². The SMILES string of the molecule is C=CC1CC1(NC(=O)C1CC(Oc2cc(-c3ccccc3)nc3cc(OC)ccc23)CN1C(=O)C(NC(=O)OC(C)(C)C)C(C)(C)C)C(=O)NS(=O)(=O)C1(Cc2ccc(OC)cc2)CC1. The van der Waals surface area contributed by atoms with Crippen LogP contribution >= 0.6 is 0 Å². The van der Waals surface area contributed by atoms with Crippen LogP contribution in [0.3, 0.4) is 0 Å². The lowest BCUT2D eigenvalue weighted by Gasteiger charge is -2.36. The van der Waals surface area contributed by atoms with Crippen molar-refractivity contribution in [2.75, 3.05) is 20.8 Å². The van der Waals surface area contributed by atoms with E-state index in [9.17, 15) is 27.6 Å². The molecule has 3 N–H and O–H groups in total. The summed E-state index contributed by atoms with van der Waals surface area (Å²) < 4.78 is 52.1. The first-order valence-corrected chi connectivity index (χ1v) is 23.2. The fourth-order valence-corrected chi connectivity index (χ4v) is 10.0. The number of benzene rings is 3. The average Bonchev–Trinajstić information content (AvgIpc) is 4.16. The summed E-state index contributed by atoms with van der Waals surface area (Å²) in [5, 5.41) is 6.28. The van der Waals surface area contributed by atoms with Gasteiger partial charge >= 0.3 is 6.09 Å². The summed E-state index contributed by atoms with van der Waals surface area (Å²) in [6.07, 6.45) is 0.905. The second kappa shape index (κ2) is 17.7. The van der Waals surface area contributed by atoms with E-state index in [1.165, 1.54) is 11.0 Å². The molecule has 0 spiro atoms. The van der Waals surface area contributed by atoms with Gasteiger partial charge < -0.3 is 34.5 Å². The molecule has 346 valence electrons. The summed E-state index contributed by atoms with van der Waals surface area (Å²) in [5.74, 6) is -1.07. The number of aromatic nitrogens is 1. The molecule has 0 radical (unpaired) electrons. The minimum Gasteiger partial charge on any atom is -0.497 e. The highest BCUT2D eigenvalue weighted by atomic mass is 32.2. The minimum absolute atomic E-state index is 0.0127. The van der Waals surface area contributed by atoms with Gasteiger partial charge in [0.25, 0.3) is 5.91 Å². The number of amides is 4. The quantitative estimate of drug-likeness (QED) is 0.111. The summed E-state index contributed by atoms with van der Waals surface area (Å²) in [5.41, 5.74) is -0.539. The highest BCUT2D eigenvalue weighted by Gasteiger charge is 2.63. The van der Waals surface area contributed by atoms with Crippen molar-refractivity contribution < 1.29 is 46.5 Å². The highest BCUT2D eigenvalue weighted by molar-refractivity contribution is 7.91. The predicted octanol–water partition coefficient (Wildman–Crippen LogP) is 6.49. The molecule has 4 amide bonds. The van der Waals surface area contributed by atoms with Crippen LogP contribution in [-0.2, 0) is 35.6 Å². The zero-order valence-corrected chi connectivity index (χ0v) is 39.0. The van der Waals surface area contributed by atoms with Crippen LogP contribution in [0.2, 0.25) is 0 Å². The molecular weight excluding hydrogens is 851 g/mol. The maximum absolute atomic E-state index is 14.9. The Hall–Kier alpha value is -6.16. The number of fused-ring (bicyclic) bond motifs is 1. The van der Waals surface area contributed by atoms with E-state index in [0.717, 1.165) is 11.1 Å². The number of pyridine rings is 1. The fraction of sp³-hybridized carbons (Fsp3) is 0.449. The number of hydrogen-bond acceptors (Lipinski definition) is 11. The van der Waals surface area contributed by atoms with E-state index in [-0.39, 0.29) is 25.8 Å². The van der Waals surface area contributed by atoms with E-state index in [2.05, 4.69) is 21.9 Å². The van der Waals surface area contributed by atoms with Gasteiger partial charge in [-0.2, -0.15) is 0 Å². The molecule has 7 rings (SSSR count). The number of carbonyl (C=O) groups excluding carboxylic acids is 4. The van der Waals surface area contributed by atoms with Crippen molar-refractivity contribution in [1.82, 2.24) is 25.2 Å². The van der Waals surface area contributed by atoms with Crippen molar-refractivity contribution in [1.29, 1.82) is 0 Å². The van der Waals surface area contributed by atoms with Gasteiger partial charge in [0.05, 0.1) is 36.7 Å². The van der Waals surface area contributed by atoms with Gasteiger partial charge in [0.15, 0.2) is 0 Å². The van der Waals surface area contributed by atoms with E-state index < -0.39 is 79.2 Å². The molecule has 3 fully saturated rings. The fourth-order valence-electron chi connectivity index (χ4n) is 8.41. The van der Waals surface area contributed by atoms with Crippen LogP contribution in [0.1, 0.15) is 72.8 Å².